The van der Waals surface area contributed by atoms with Gasteiger partial charge in [-0.3, -0.25) is 4.79 Å². The minimum absolute atomic E-state index is 0.00731. The number of hydrogen-bond donors (Lipinski definition) is 1. The highest BCUT2D eigenvalue weighted by Crippen LogP contribution is 2.36. The molecule has 1 amide bonds. The van der Waals surface area contributed by atoms with Crippen LogP contribution < -0.4 is 0 Å². The first-order valence-corrected chi connectivity index (χ1v) is 7.86. The van der Waals surface area contributed by atoms with Gasteiger partial charge in [0.05, 0.1) is 6.07 Å². The van der Waals surface area contributed by atoms with Gasteiger partial charge in [-0.25, -0.2) is 0 Å². The molecule has 2 rings (SSSR count). The second kappa shape index (κ2) is 6.50. The highest BCUT2D eigenvalue weighted by atomic mass is 16.2. The van der Waals surface area contributed by atoms with Crippen molar-refractivity contribution >= 4 is 5.91 Å². The summed E-state index contributed by atoms with van der Waals surface area (Å²) in [5.74, 6) is -0.0500. The zero-order valence-corrected chi connectivity index (χ0v) is 13.6. The second-order valence-electron chi connectivity index (χ2n) is 6.87. The third-order valence-corrected chi connectivity index (χ3v) is 4.19. The quantitative estimate of drug-likeness (QED) is 0.849. The first-order chi connectivity index (χ1) is 10.4. The number of unbranched alkanes of at least 4 members (excludes halogenated alkanes) is 2. The fourth-order valence-electron chi connectivity index (χ4n) is 2.83. The van der Waals surface area contributed by atoms with Crippen LogP contribution in [0.1, 0.15) is 67.6 Å². The molecule has 1 N–H and O–H groups in total. The Morgan fingerprint density at radius 1 is 1.27 bits per heavy atom. The van der Waals surface area contributed by atoms with Crippen molar-refractivity contribution in [1.82, 2.24) is 4.90 Å². The molecule has 1 aromatic carbocycles. The van der Waals surface area contributed by atoms with Gasteiger partial charge in [-0.15, -0.1) is 0 Å². The summed E-state index contributed by atoms with van der Waals surface area (Å²) in [5.41, 5.74) is 2.62. The normalized spacial score (nSPS) is 17.5. The van der Waals surface area contributed by atoms with E-state index >= 15 is 0 Å². The van der Waals surface area contributed by atoms with Crippen molar-refractivity contribution in [3.8, 4) is 6.07 Å². The van der Waals surface area contributed by atoms with Gasteiger partial charge >= 0.3 is 0 Å². The number of fused-ring (bicyclic) bond motifs is 1. The Hall–Kier alpha value is -1.86. The van der Waals surface area contributed by atoms with Gasteiger partial charge in [-0.2, -0.15) is 5.26 Å². The van der Waals surface area contributed by atoms with Crippen LogP contribution in [0.25, 0.3) is 0 Å². The zero-order chi connectivity index (χ0) is 16.3. The lowest BCUT2D eigenvalue weighted by Gasteiger charge is -2.21. The molecule has 0 saturated carbocycles. The molecule has 4 heteroatoms. The molecule has 1 aromatic rings. The van der Waals surface area contributed by atoms with E-state index in [0.717, 1.165) is 30.4 Å². The van der Waals surface area contributed by atoms with E-state index in [1.807, 2.05) is 18.2 Å². The molecule has 0 spiro atoms. The Bertz CT molecular complexity index is 596. The number of aliphatic hydroxyl groups is 1. The van der Waals surface area contributed by atoms with Gasteiger partial charge < -0.3 is 10.0 Å². The first-order valence-electron chi connectivity index (χ1n) is 7.86. The van der Waals surface area contributed by atoms with E-state index in [1.165, 1.54) is 0 Å². The van der Waals surface area contributed by atoms with Gasteiger partial charge in [0.25, 0.3) is 5.91 Å². The zero-order valence-electron chi connectivity index (χ0n) is 13.6. The van der Waals surface area contributed by atoms with E-state index in [-0.39, 0.29) is 17.9 Å². The lowest BCUT2D eigenvalue weighted by Crippen LogP contribution is -2.28. The number of nitrogens with zero attached hydrogens (tertiary/aromatic N) is 2. The smallest absolute Gasteiger partial charge is 0.255 e. The van der Waals surface area contributed by atoms with Gasteiger partial charge in [-0.05, 0) is 36.3 Å². The molecule has 0 fully saturated rings. The highest BCUT2D eigenvalue weighted by Gasteiger charge is 2.37. The van der Waals surface area contributed by atoms with Gasteiger partial charge in [-0.1, -0.05) is 32.9 Å². The maximum absolute atomic E-state index is 12.5. The average molecular weight is 300 g/mol. The van der Waals surface area contributed by atoms with Crippen molar-refractivity contribution in [3.63, 3.8) is 0 Å². The van der Waals surface area contributed by atoms with Gasteiger partial charge in [0, 0.05) is 24.3 Å². The monoisotopic (exact) mass is 300 g/mol. The van der Waals surface area contributed by atoms with E-state index < -0.39 is 6.04 Å². The van der Waals surface area contributed by atoms with E-state index in [9.17, 15) is 10.1 Å². The van der Waals surface area contributed by atoms with E-state index in [0.29, 0.717) is 12.1 Å². The Morgan fingerprint density at radius 3 is 2.59 bits per heavy atom. The summed E-state index contributed by atoms with van der Waals surface area (Å²) in [5, 5.41) is 18.3. The fourth-order valence-corrected chi connectivity index (χ4v) is 2.83. The maximum atomic E-state index is 12.5. The molecule has 0 saturated heterocycles. The predicted octanol–water partition coefficient (Wildman–Crippen LogP) is 3.17. The molecule has 118 valence electrons. The number of nitriles is 1. The van der Waals surface area contributed by atoms with Gasteiger partial charge in [0.2, 0.25) is 0 Å². The molecule has 1 heterocycles. The number of amides is 1. The van der Waals surface area contributed by atoms with E-state index in [4.69, 9.17) is 5.11 Å². The third-order valence-electron chi connectivity index (χ3n) is 4.19. The van der Waals surface area contributed by atoms with Crippen molar-refractivity contribution in [3.05, 3.63) is 34.9 Å². The van der Waals surface area contributed by atoms with Crippen LogP contribution in [-0.2, 0) is 5.41 Å². The lowest BCUT2D eigenvalue weighted by molar-refractivity contribution is 0.0754. The summed E-state index contributed by atoms with van der Waals surface area (Å²) in [6.07, 6.45) is 2.41. The highest BCUT2D eigenvalue weighted by molar-refractivity contribution is 5.99. The number of hydrogen-bond acceptors (Lipinski definition) is 3. The van der Waals surface area contributed by atoms with Crippen molar-refractivity contribution in [1.29, 1.82) is 5.26 Å². The molecule has 1 unspecified atom stereocenters. The van der Waals surface area contributed by atoms with Gasteiger partial charge in [0.1, 0.15) is 6.04 Å². The molecule has 4 nitrogen and oxygen atoms in total. The molecule has 1 aliphatic heterocycles. The summed E-state index contributed by atoms with van der Waals surface area (Å²) in [6.45, 7) is 7.11. The molecular formula is C18H24N2O2. The Labute approximate surface area is 132 Å². The molecular weight excluding hydrogens is 276 g/mol. The van der Waals surface area contributed by atoms with Crippen LogP contribution in [0, 0.1) is 11.3 Å². The summed E-state index contributed by atoms with van der Waals surface area (Å²) in [7, 11) is 0. The van der Waals surface area contributed by atoms with Crippen LogP contribution in [0.4, 0.5) is 0 Å². The Kier molecular flexibility index (Phi) is 4.87. The number of carbonyl (C=O) groups excluding carboxylic acids is 1. The Balaban J connectivity index is 2.24. The number of aliphatic hydroxyl groups excluding tert-OH is 1. The summed E-state index contributed by atoms with van der Waals surface area (Å²) in [4.78, 5) is 14.2. The van der Waals surface area contributed by atoms with Crippen LogP contribution in [0.15, 0.2) is 18.2 Å². The van der Waals surface area contributed by atoms with E-state index in [2.05, 4.69) is 26.8 Å². The van der Waals surface area contributed by atoms with Crippen LogP contribution in [-0.4, -0.2) is 29.1 Å². The SMILES string of the molecule is CC(C)(C)c1ccc2c(c1)C(C#N)N(CCCCCO)C2=O. The molecule has 0 aliphatic carbocycles. The molecule has 1 atom stereocenters. The molecule has 0 bridgehead atoms. The lowest BCUT2D eigenvalue weighted by atomic mass is 9.85. The second-order valence-corrected chi connectivity index (χ2v) is 6.87. The third kappa shape index (κ3) is 3.15. The number of benzene rings is 1. The van der Waals surface area contributed by atoms with E-state index in [1.54, 1.807) is 4.90 Å². The van der Waals surface area contributed by atoms with Crippen molar-refractivity contribution < 1.29 is 9.90 Å². The average Bonchev–Trinajstić information content (AvgIpc) is 2.74. The van der Waals surface area contributed by atoms with Crippen molar-refractivity contribution in [2.24, 2.45) is 0 Å². The minimum atomic E-state index is -0.487. The Morgan fingerprint density at radius 2 is 2.00 bits per heavy atom. The summed E-state index contributed by atoms with van der Waals surface area (Å²) >= 11 is 0. The molecule has 0 aromatic heterocycles. The molecule has 22 heavy (non-hydrogen) atoms. The molecule has 1 aliphatic rings. The van der Waals surface area contributed by atoms with Gasteiger partial charge in [0.15, 0.2) is 0 Å². The van der Waals surface area contributed by atoms with Crippen LogP contribution >= 0.6 is 0 Å². The number of rotatable bonds is 5. The largest absolute Gasteiger partial charge is 0.396 e. The summed E-state index contributed by atoms with van der Waals surface area (Å²) < 4.78 is 0. The topological polar surface area (TPSA) is 64.3 Å². The fraction of sp³-hybridized carbons (Fsp3) is 0.556. The van der Waals surface area contributed by atoms with Crippen molar-refractivity contribution in [2.75, 3.05) is 13.2 Å². The number of carbonyl (C=O) groups is 1. The minimum Gasteiger partial charge on any atom is -0.396 e. The molecule has 0 radical (unpaired) electrons. The maximum Gasteiger partial charge on any atom is 0.255 e. The van der Waals surface area contributed by atoms with Crippen LogP contribution in [0.3, 0.4) is 0 Å². The van der Waals surface area contributed by atoms with Crippen LogP contribution in [0.5, 0.6) is 0 Å². The van der Waals surface area contributed by atoms with Crippen LogP contribution in [0.2, 0.25) is 0 Å². The predicted molar refractivity (Wildman–Crippen MR) is 85.5 cm³/mol. The standard InChI is InChI=1S/C18H24N2O2/c1-18(2,3)13-7-8-14-15(11-13)16(12-19)20(17(14)22)9-5-4-6-10-21/h7-8,11,16,21H,4-6,9-10H2,1-3H3. The van der Waals surface area contributed by atoms with Crippen molar-refractivity contribution in [2.45, 2.75) is 51.5 Å². The first kappa shape index (κ1) is 16.5. The summed E-state index contributed by atoms with van der Waals surface area (Å²) in [6, 6.07) is 7.64.